The maximum atomic E-state index is 12.3. The Kier molecular flexibility index (Phi) is 37.2. The van der Waals surface area contributed by atoms with E-state index in [1.165, 1.54) is 0 Å². The molecular weight excluding hydrogens is 615 g/mol. The summed E-state index contributed by atoms with van der Waals surface area (Å²) in [6.07, 6.45) is 64.2. The van der Waals surface area contributed by atoms with Crippen LogP contribution < -0.4 is 5.32 Å². The van der Waals surface area contributed by atoms with Crippen LogP contribution >= 0.6 is 0 Å². The van der Waals surface area contributed by atoms with Crippen molar-refractivity contribution in [2.75, 3.05) is 6.61 Å². The quantitative estimate of drug-likeness (QED) is 0.0487. The first-order valence-corrected chi connectivity index (χ1v) is 19.4. The van der Waals surface area contributed by atoms with Gasteiger partial charge >= 0.3 is 0 Å². The Hall–Kier alpha value is -3.47. The van der Waals surface area contributed by atoms with Gasteiger partial charge in [-0.2, -0.15) is 0 Å². The fourth-order valence-corrected chi connectivity index (χ4v) is 4.66. The van der Waals surface area contributed by atoms with E-state index in [2.05, 4.69) is 141 Å². The number of nitrogens with one attached hydrogen (secondary N) is 1. The largest absolute Gasteiger partial charge is 0.394 e. The van der Waals surface area contributed by atoms with Gasteiger partial charge in [-0.1, -0.05) is 160 Å². The molecule has 0 heterocycles. The molecule has 0 aromatic rings. The Labute approximate surface area is 307 Å². The number of allylic oxidation sites excluding steroid dienone is 21. The van der Waals surface area contributed by atoms with Gasteiger partial charge in [-0.05, 0) is 96.3 Å². The van der Waals surface area contributed by atoms with Gasteiger partial charge in [-0.3, -0.25) is 4.79 Å². The molecule has 0 aromatic heterocycles. The van der Waals surface area contributed by atoms with E-state index in [1.54, 1.807) is 6.08 Å². The van der Waals surface area contributed by atoms with E-state index < -0.39 is 12.1 Å². The summed E-state index contributed by atoms with van der Waals surface area (Å²) in [4.78, 5) is 12.3. The molecule has 4 nitrogen and oxygen atoms in total. The monoisotopic (exact) mass is 686 g/mol. The maximum absolute atomic E-state index is 12.3. The summed E-state index contributed by atoms with van der Waals surface area (Å²) in [7, 11) is 0. The molecule has 0 fully saturated rings. The molecule has 50 heavy (non-hydrogen) atoms. The first-order chi connectivity index (χ1) is 24.7. The average Bonchev–Trinajstić information content (AvgIpc) is 3.12. The highest BCUT2D eigenvalue weighted by Crippen LogP contribution is 2.06. The standard InChI is InChI=1S/C46H71NO3/c1-3-5-7-9-11-12-13-14-15-16-17-18-19-20-21-22-23-24-25-26-27-28-29-30-31-32-33-34-36-38-40-42-46(50)47-44(43-48)45(49)41-39-37-35-10-8-6-4-2/h5,7-8,10-12,14-15,17-18,20-21,23-24,26-27,29-30,32-33,39,41,44-45,48-49H,3-4,6,9,13,16,19,22,25,28,31,34-38,40,42-43H2,1-2H3,(H,47,50)/b7-5-,10-8+,12-11-,15-14-,18-17-,21-20-,24-23-,27-26-,30-29-,33-32-,41-39+. The number of aliphatic hydroxyl groups excluding tert-OH is 2. The first-order valence-electron chi connectivity index (χ1n) is 19.4. The predicted molar refractivity (Wildman–Crippen MR) is 220 cm³/mol. The lowest BCUT2D eigenvalue weighted by atomic mass is 10.1. The van der Waals surface area contributed by atoms with E-state index >= 15 is 0 Å². The summed E-state index contributed by atoms with van der Waals surface area (Å²) in [6, 6.07) is -0.663. The van der Waals surface area contributed by atoms with Crippen molar-refractivity contribution in [3.8, 4) is 0 Å². The fraction of sp³-hybridized carbons (Fsp3) is 0.500. The summed E-state index contributed by atoms with van der Waals surface area (Å²) < 4.78 is 0. The van der Waals surface area contributed by atoms with Crippen molar-refractivity contribution in [2.45, 2.75) is 142 Å². The molecule has 2 unspecified atom stereocenters. The summed E-state index contributed by atoms with van der Waals surface area (Å²) in [5.41, 5.74) is 0. The molecule has 0 radical (unpaired) electrons. The molecule has 0 aromatic carbocycles. The molecule has 0 spiro atoms. The van der Waals surface area contributed by atoms with Crippen LogP contribution in [0.3, 0.4) is 0 Å². The van der Waals surface area contributed by atoms with Crippen molar-refractivity contribution in [2.24, 2.45) is 0 Å². The molecule has 0 rings (SSSR count). The SMILES string of the molecule is CC/C=C\C/C=C\C/C=C\C/C=C\C/C=C\C/C=C\C/C=C\C/C=C\C/C=C\CCCCCC(=O)NC(CO)C(O)/C=C/CC/C=C/CCC. The van der Waals surface area contributed by atoms with E-state index in [4.69, 9.17) is 0 Å². The molecule has 278 valence electrons. The lowest BCUT2D eigenvalue weighted by Gasteiger charge is -2.19. The number of hydrogen-bond donors (Lipinski definition) is 3. The van der Waals surface area contributed by atoms with Gasteiger partial charge in [0.2, 0.25) is 5.91 Å². The maximum Gasteiger partial charge on any atom is 0.220 e. The Morgan fingerprint density at radius 1 is 0.500 bits per heavy atom. The second-order valence-electron chi connectivity index (χ2n) is 12.2. The molecule has 4 heteroatoms. The third kappa shape index (κ3) is 35.8. The van der Waals surface area contributed by atoms with Gasteiger partial charge in [0.15, 0.2) is 0 Å². The van der Waals surface area contributed by atoms with Crippen molar-refractivity contribution in [3.63, 3.8) is 0 Å². The molecule has 3 N–H and O–H groups in total. The number of aliphatic hydroxyl groups is 2. The third-order valence-corrected chi connectivity index (χ3v) is 7.60. The molecular formula is C46H71NO3. The molecule has 1 amide bonds. The summed E-state index contributed by atoms with van der Waals surface area (Å²) in [6.45, 7) is 4.03. The van der Waals surface area contributed by atoms with Crippen LogP contribution in [0.2, 0.25) is 0 Å². The van der Waals surface area contributed by atoms with E-state index in [-0.39, 0.29) is 12.5 Å². The Morgan fingerprint density at radius 3 is 1.34 bits per heavy atom. The highest BCUT2D eigenvalue weighted by atomic mass is 16.3. The first kappa shape index (κ1) is 46.5. The van der Waals surface area contributed by atoms with Crippen LogP contribution in [-0.4, -0.2) is 34.9 Å². The van der Waals surface area contributed by atoms with Crippen LogP contribution in [0.25, 0.3) is 0 Å². The normalized spacial score (nSPS) is 14.6. The van der Waals surface area contributed by atoms with Crippen LogP contribution in [0.5, 0.6) is 0 Å². The molecule has 0 aliphatic heterocycles. The lowest BCUT2D eigenvalue weighted by molar-refractivity contribution is -0.123. The second kappa shape index (κ2) is 40.0. The number of hydrogen-bond acceptors (Lipinski definition) is 3. The highest BCUT2D eigenvalue weighted by molar-refractivity contribution is 5.76. The van der Waals surface area contributed by atoms with Gasteiger partial charge in [0.05, 0.1) is 18.8 Å². The lowest BCUT2D eigenvalue weighted by Crippen LogP contribution is -2.45. The minimum atomic E-state index is -0.882. The summed E-state index contributed by atoms with van der Waals surface area (Å²) in [5.74, 6) is -0.119. The number of carbonyl (C=O) groups is 1. The van der Waals surface area contributed by atoms with E-state index in [0.29, 0.717) is 6.42 Å². The summed E-state index contributed by atoms with van der Waals surface area (Å²) >= 11 is 0. The van der Waals surface area contributed by atoms with Gasteiger partial charge in [0.25, 0.3) is 0 Å². The minimum absolute atomic E-state index is 0.119. The Balaban J connectivity index is 3.76. The van der Waals surface area contributed by atoms with Crippen molar-refractivity contribution in [3.05, 3.63) is 134 Å². The van der Waals surface area contributed by atoms with Gasteiger partial charge < -0.3 is 15.5 Å². The van der Waals surface area contributed by atoms with Gasteiger partial charge in [-0.25, -0.2) is 0 Å². The molecule has 0 saturated heterocycles. The minimum Gasteiger partial charge on any atom is -0.394 e. The number of rotatable bonds is 32. The summed E-state index contributed by atoms with van der Waals surface area (Å²) in [5, 5.41) is 22.6. The fourth-order valence-electron chi connectivity index (χ4n) is 4.66. The zero-order chi connectivity index (χ0) is 36.4. The Bertz CT molecular complexity index is 1100. The highest BCUT2D eigenvalue weighted by Gasteiger charge is 2.17. The van der Waals surface area contributed by atoms with Crippen molar-refractivity contribution >= 4 is 5.91 Å². The number of carbonyl (C=O) groups excluding carboxylic acids is 1. The van der Waals surface area contributed by atoms with Crippen LogP contribution in [-0.2, 0) is 4.79 Å². The van der Waals surface area contributed by atoms with Crippen molar-refractivity contribution in [1.82, 2.24) is 5.32 Å². The Morgan fingerprint density at radius 2 is 0.900 bits per heavy atom. The smallest absolute Gasteiger partial charge is 0.220 e. The van der Waals surface area contributed by atoms with E-state index in [0.717, 1.165) is 109 Å². The zero-order valence-corrected chi connectivity index (χ0v) is 31.6. The predicted octanol–water partition coefficient (Wildman–Crippen LogP) is 12.0. The average molecular weight is 686 g/mol. The molecule has 0 bridgehead atoms. The number of amides is 1. The topological polar surface area (TPSA) is 69.6 Å². The van der Waals surface area contributed by atoms with Gasteiger partial charge in [0, 0.05) is 6.42 Å². The van der Waals surface area contributed by atoms with E-state index in [9.17, 15) is 15.0 Å². The van der Waals surface area contributed by atoms with E-state index in [1.807, 2.05) is 6.08 Å². The van der Waals surface area contributed by atoms with Crippen molar-refractivity contribution < 1.29 is 15.0 Å². The van der Waals surface area contributed by atoms with Crippen LogP contribution in [0.15, 0.2) is 134 Å². The third-order valence-electron chi connectivity index (χ3n) is 7.60. The molecule has 0 saturated carbocycles. The van der Waals surface area contributed by atoms with Gasteiger partial charge in [0.1, 0.15) is 0 Å². The van der Waals surface area contributed by atoms with Gasteiger partial charge in [-0.15, -0.1) is 0 Å². The second-order valence-corrected chi connectivity index (χ2v) is 12.2. The molecule has 2 atom stereocenters. The zero-order valence-electron chi connectivity index (χ0n) is 31.6. The van der Waals surface area contributed by atoms with Crippen LogP contribution in [0.4, 0.5) is 0 Å². The molecule has 0 aliphatic rings. The van der Waals surface area contributed by atoms with Crippen molar-refractivity contribution in [1.29, 1.82) is 0 Å². The molecule has 0 aliphatic carbocycles. The number of unbranched alkanes of at least 4 members (excludes halogenated alkanes) is 5. The van der Waals surface area contributed by atoms with Crippen LogP contribution in [0.1, 0.15) is 129 Å². The van der Waals surface area contributed by atoms with Crippen LogP contribution in [0, 0.1) is 0 Å².